The Morgan fingerprint density at radius 1 is 1.27 bits per heavy atom. The molecule has 0 saturated heterocycles. The number of hydrogen-bond donors (Lipinski definition) is 0. The number of aromatic nitrogens is 1. The van der Waals surface area contributed by atoms with E-state index in [1.807, 2.05) is 13.8 Å². The Kier molecular flexibility index (Phi) is 6.89. The summed E-state index contributed by atoms with van der Waals surface area (Å²) in [6.07, 6.45) is 2.65. The summed E-state index contributed by atoms with van der Waals surface area (Å²) in [7, 11) is 0. The first-order valence-electron chi connectivity index (χ1n) is 7.56. The summed E-state index contributed by atoms with van der Waals surface area (Å²) >= 11 is 0. The predicted octanol–water partition coefficient (Wildman–Crippen LogP) is 2.68. The van der Waals surface area contributed by atoms with Crippen molar-refractivity contribution >= 4 is 17.5 Å². The van der Waals surface area contributed by atoms with Gasteiger partial charge in [-0.05, 0) is 45.2 Å². The average Bonchev–Trinajstić information content (AvgIpc) is 2.47. The highest BCUT2D eigenvalue weighted by Gasteiger charge is 2.30. The van der Waals surface area contributed by atoms with E-state index in [-0.39, 0.29) is 31.0 Å². The van der Waals surface area contributed by atoms with Crippen molar-refractivity contribution in [1.29, 1.82) is 0 Å². The molecule has 0 aliphatic heterocycles. The van der Waals surface area contributed by atoms with Gasteiger partial charge in [0.15, 0.2) is 5.78 Å². The second kappa shape index (κ2) is 8.41. The van der Waals surface area contributed by atoms with Crippen LogP contribution in [0.5, 0.6) is 0 Å². The molecule has 1 unspecified atom stereocenters. The summed E-state index contributed by atoms with van der Waals surface area (Å²) in [6, 6.07) is 1.74. The van der Waals surface area contributed by atoms with Gasteiger partial charge in [0, 0.05) is 18.2 Å². The van der Waals surface area contributed by atoms with Crippen LogP contribution in [0.4, 0.5) is 0 Å². The summed E-state index contributed by atoms with van der Waals surface area (Å²) in [5, 5.41) is 0. The van der Waals surface area contributed by atoms with E-state index in [1.54, 1.807) is 19.2 Å². The van der Waals surface area contributed by atoms with E-state index < -0.39 is 11.9 Å². The second-order valence-electron chi connectivity index (χ2n) is 5.27. The molecule has 0 aromatic carbocycles. The molecule has 0 radical (unpaired) electrons. The van der Waals surface area contributed by atoms with Gasteiger partial charge in [-0.2, -0.15) is 0 Å². The first-order chi connectivity index (χ1) is 10.4. The molecule has 22 heavy (non-hydrogen) atoms. The maximum Gasteiger partial charge on any atom is 0.316 e. The maximum atomic E-state index is 12.8. The summed E-state index contributed by atoms with van der Waals surface area (Å²) in [4.78, 5) is 40.3. The highest BCUT2D eigenvalue weighted by Crippen LogP contribution is 2.20. The Labute approximate surface area is 131 Å². The highest BCUT2D eigenvalue weighted by molar-refractivity contribution is 6.09. The summed E-state index contributed by atoms with van der Waals surface area (Å²) in [5.74, 6) is -1.89. The van der Waals surface area contributed by atoms with Crippen LogP contribution in [-0.2, 0) is 20.7 Å². The van der Waals surface area contributed by atoms with Crippen molar-refractivity contribution in [3.63, 3.8) is 0 Å². The van der Waals surface area contributed by atoms with Crippen molar-refractivity contribution < 1.29 is 19.1 Å². The molecule has 0 amide bonds. The Bertz CT molecular complexity index is 566. The van der Waals surface area contributed by atoms with Crippen LogP contribution < -0.4 is 0 Å². The third-order valence-electron chi connectivity index (χ3n) is 3.38. The number of ketones is 2. The van der Waals surface area contributed by atoms with E-state index >= 15 is 0 Å². The van der Waals surface area contributed by atoms with Crippen LogP contribution in [0, 0.1) is 12.8 Å². The van der Waals surface area contributed by atoms with Gasteiger partial charge in [0.25, 0.3) is 0 Å². The van der Waals surface area contributed by atoms with Crippen LogP contribution in [0.1, 0.15) is 55.2 Å². The third kappa shape index (κ3) is 4.76. The molecule has 0 fully saturated rings. The minimum Gasteiger partial charge on any atom is -0.465 e. The van der Waals surface area contributed by atoms with E-state index in [9.17, 15) is 14.4 Å². The molecule has 1 heterocycles. The summed E-state index contributed by atoms with van der Waals surface area (Å²) in [5.41, 5.74) is 1.96. The zero-order valence-electron chi connectivity index (χ0n) is 13.6. The molecule has 120 valence electrons. The number of rotatable bonds is 8. The Hall–Kier alpha value is -2.04. The molecule has 1 rings (SSSR count). The van der Waals surface area contributed by atoms with Gasteiger partial charge in [-0.3, -0.25) is 14.6 Å². The summed E-state index contributed by atoms with van der Waals surface area (Å²) in [6.45, 7) is 7.09. The van der Waals surface area contributed by atoms with Crippen molar-refractivity contribution in [3.8, 4) is 0 Å². The number of esters is 1. The lowest BCUT2D eigenvalue weighted by Crippen LogP contribution is -2.28. The van der Waals surface area contributed by atoms with Gasteiger partial charge in [0.05, 0.1) is 12.3 Å². The molecule has 1 atom stereocenters. The molecule has 5 nitrogen and oxygen atoms in total. The number of aryl methyl sites for hydroxylation is 2. The molecular weight excluding hydrogens is 282 g/mol. The van der Waals surface area contributed by atoms with Crippen molar-refractivity contribution in [3.05, 3.63) is 29.1 Å². The zero-order valence-corrected chi connectivity index (χ0v) is 13.6. The molecule has 0 N–H and O–H groups in total. The van der Waals surface area contributed by atoms with Gasteiger partial charge in [0.2, 0.25) is 0 Å². The first kappa shape index (κ1) is 18.0. The molecule has 5 heteroatoms. The molecule has 0 bridgehead atoms. The lowest BCUT2D eigenvalue weighted by Gasteiger charge is -2.16. The Morgan fingerprint density at radius 2 is 1.95 bits per heavy atom. The fourth-order valence-corrected chi connectivity index (χ4v) is 2.23. The summed E-state index contributed by atoms with van der Waals surface area (Å²) < 4.78 is 4.99. The van der Waals surface area contributed by atoms with E-state index in [0.29, 0.717) is 17.7 Å². The average molecular weight is 305 g/mol. The van der Waals surface area contributed by atoms with Crippen molar-refractivity contribution in [2.45, 2.75) is 47.0 Å². The fourth-order valence-electron chi connectivity index (χ4n) is 2.23. The van der Waals surface area contributed by atoms with Crippen LogP contribution in [0.2, 0.25) is 0 Å². The minimum atomic E-state index is -0.947. The zero-order chi connectivity index (χ0) is 16.7. The Morgan fingerprint density at radius 3 is 2.50 bits per heavy atom. The predicted molar refractivity (Wildman–Crippen MR) is 82.7 cm³/mol. The molecule has 0 aliphatic carbocycles. The second-order valence-corrected chi connectivity index (χ2v) is 5.27. The number of nitrogens with zero attached hydrogens (tertiary/aromatic N) is 1. The largest absolute Gasteiger partial charge is 0.465 e. The van der Waals surface area contributed by atoms with Gasteiger partial charge < -0.3 is 9.53 Å². The maximum absolute atomic E-state index is 12.8. The van der Waals surface area contributed by atoms with Crippen LogP contribution in [0.3, 0.4) is 0 Å². The van der Waals surface area contributed by atoms with Crippen LogP contribution in [-0.4, -0.2) is 29.1 Å². The number of carbonyl (C=O) groups excluding carboxylic acids is 3. The lowest BCUT2D eigenvalue weighted by molar-refractivity contribution is -0.146. The van der Waals surface area contributed by atoms with Gasteiger partial charge in [-0.25, -0.2) is 0 Å². The SMILES string of the molecule is CCOC(=O)C(CCC(C)=O)C(=O)c1cc(C)cnc1CC. The standard InChI is InChI=1S/C17H23NO4/c1-5-15-14(9-11(3)10-18-15)16(20)13(8-7-12(4)19)17(21)22-6-2/h9-10,13H,5-8H2,1-4H3. The fraction of sp³-hybridized carbons (Fsp3) is 0.529. The number of carbonyl (C=O) groups is 3. The van der Waals surface area contributed by atoms with E-state index in [4.69, 9.17) is 4.74 Å². The Balaban J connectivity index is 3.12. The minimum absolute atomic E-state index is 0.0554. The third-order valence-corrected chi connectivity index (χ3v) is 3.38. The van der Waals surface area contributed by atoms with Crippen molar-refractivity contribution in [1.82, 2.24) is 4.98 Å². The highest BCUT2D eigenvalue weighted by atomic mass is 16.5. The van der Waals surface area contributed by atoms with Crippen molar-refractivity contribution in [2.75, 3.05) is 6.61 Å². The van der Waals surface area contributed by atoms with Gasteiger partial charge >= 0.3 is 5.97 Å². The molecule has 1 aromatic heterocycles. The van der Waals surface area contributed by atoms with Crippen LogP contribution in [0.25, 0.3) is 0 Å². The first-order valence-corrected chi connectivity index (χ1v) is 7.56. The van der Waals surface area contributed by atoms with E-state index in [1.165, 1.54) is 6.92 Å². The van der Waals surface area contributed by atoms with E-state index in [2.05, 4.69) is 4.98 Å². The van der Waals surface area contributed by atoms with Gasteiger partial charge in [0.1, 0.15) is 11.7 Å². The number of pyridine rings is 1. The number of Topliss-reactive ketones (excluding diaryl/α,β-unsaturated/α-hetero) is 2. The number of ether oxygens (including phenoxy) is 1. The molecule has 0 spiro atoms. The normalized spacial score (nSPS) is 11.8. The lowest BCUT2D eigenvalue weighted by atomic mass is 9.90. The van der Waals surface area contributed by atoms with Crippen LogP contribution in [0.15, 0.2) is 12.3 Å². The molecule has 1 aromatic rings. The van der Waals surface area contributed by atoms with Crippen molar-refractivity contribution in [2.24, 2.45) is 5.92 Å². The number of hydrogen-bond acceptors (Lipinski definition) is 5. The van der Waals surface area contributed by atoms with Crippen LogP contribution >= 0.6 is 0 Å². The van der Waals surface area contributed by atoms with E-state index in [0.717, 1.165) is 5.56 Å². The topological polar surface area (TPSA) is 73.3 Å². The molecular formula is C17H23NO4. The van der Waals surface area contributed by atoms with Gasteiger partial charge in [-0.1, -0.05) is 6.92 Å². The smallest absolute Gasteiger partial charge is 0.316 e. The van der Waals surface area contributed by atoms with Gasteiger partial charge in [-0.15, -0.1) is 0 Å². The monoisotopic (exact) mass is 305 g/mol. The molecule has 0 saturated carbocycles. The molecule has 0 aliphatic rings. The quantitative estimate of drug-likeness (QED) is 0.419.